The van der Waals surface area contributed by atoms with Gasteiger partial charge in [-0.3, -0.25) is 9.78 Å². The van der Waals surface area contributed by atoms with Gasteiger partial charge in [0.2, 0.25) is 0 Å². The number of carbonyl (C=O) groups is 1. The van der Waals surface area contributed by atoms with Crippen LogP contribution in [-0.2, 0) is 4.74 Å². The second kappa shape index (κ2) is 7.01. The van der Waals surface area contributed by atoms with E-state index in [1.54, 1.807) is 11.0 Å². The van der Waals surface area contributed by atoms with Crippen molar-refractivity contribution in [2.45, 2.75) is 6.10 Å². The van der Waals surface area contributed by atoms with Crippen LogP contribution in [0.15, 0.2) is 18.5 Å². The van der Waals surface area contributed by atoms with Gasteiger partial charge in [0.15, 0.2) is 0 Å². The summed E-state index contributed by atoms with van der Waals surface area (Å²) in [7, 11) is 0. The zero-order chi connectivity index (χ0) is 14.4. The van der Waals surface area contributed by atoms with Crippen LogP contribution in [0.4, 0.5) is 0 Å². The molecule has 1 aromatic heterocycles. The lowest BCUT2D eigenvalue weighted by molar-refractivity contribution is -0.0447. The van der Waals surface area contributed by atoms with Crippen molar-refractivity contribution >= 4 is 5.91 Å². The van der Waals surface area contributed by atoms with Crippen molar-refractivity contribution in [2.24, 2.45) is 0 Å². The van der Waals surface area contributed by atoms with E-state index < -0.39 is 0 Å². The Morgan fingerprint density at radius 3 is 3.15 bits per heavy atom. The SMILES string of the molecule is O=C(c1ccncc1C#CCO)N1CCOC(CO)C1. The number of hydrogen-bond acceptors (Lipinski definition) is 5. The minimum Gasteiger partial charge on any atom is -0.394 e. The van der Waals surface area contributed by atoms with Crippen molar-refractivity contribution < 1.29 is 19.7 Å². The Kier molecular flexibility index (Phi) is 5.07. The third-order valence-electron chi connectivity index (χ3n) is 2.98. The lowest BCUT2D eigenvalue weighted by Gasteiger charge is -2.32. The number of aliphatic hydroxyl groups is 2. The van der Waals surface area contributed by atoms with Crippen LogP contribution < -0.4 is 0 Å². The van der Waals surface area contributed by atoms with E-state index in [4.69, 9.17) is 14.9 Å². The number of pyridine rings is 1. The van der Waals surface area contributed by atoms with Crippen LogP contribution in [0.3, 0.4) is 0 Å². The Bertz CT molecular complexity index is 535. The highest BCUT2D eigenvalue weighted by Crippen LogP contribution is 2.13. The molecule has 2 heterocycles. The van der Waals surface area contributed by atoms with Crippen molar-refractivity contribution in [1.29, 1.82) is 0 Å². The Hall–Kier alpha value is -1.94. The van der Waals surface area contributed by atoms with Gasteiger partial charge in [-0.05, 0) is 6.07 Å². The number of aromatic nitrogens is 1. The number of carbonyl (C=O) groups excluding carboxylic acids is 1. The van der Waals surface area contributed by atoms with Gasteiger partial charge in [0.1, 0.15) is 6.61 Å². The maximum atomic E-state index is 12.5. The summed E-state index contributed by atoms with van der Waals surface area (Å²) in [6.07, 6.45) is 2.68. The topological polar surface area (TPSA) is 82.9 Å². The fraction of sp³-hybridized carbons (Fsp3) is 0.429. The van der Waals surface area contributed by atoms with E-state index in [0.29, 0.717) is 30.8 Å². The number of ether oxygens (including phenoxy) is 1. The molecule has 0 saturated carbocycles. The van der Waals surface area contributed by atoms with E-state index in [0.717, 1.165) is 0 Å². The van der Waals surface area contributed by atoms with Crippen molar-refractivity contribution in [1.82, 2.24) is 9.88 Å². The standard InChI is InChI=1S/C14H16N2O4/c17-6-1-2-11-8-15-4-3-13(11)14(19)16-5-7-20-12(9-16)10-18/h3-4,8,12,17-18H,5-7,9-10H2. The summed E-state index contributed by atoms with van der Waals surface area (Å²) in [6, 6.07) is 1.60. The Labute approximate surface area is 117 Å². The predicted octanol–water partition coefficient (Wildman–Crippen LogP) is -0.741. The molecule has 20 heavy (non-hydrogen) atoms. The molecule has 1 fully saturated rings. The molecule has 1 aliphatic heterocycles. The fourth-order valence-corrected chi connectivity index (χ4v) is 2.00. The summed E-state index contributed by atoms with van der Waals surface area (Å²) >= 11 is 0. The van der Waals surface area contributed by atoms with Gasteiger partial charge in [-0.1, -0.05) is 11.8 Å². The van der Waals surface area contributed by atoms with E-state index in [-0.39, 0.29) is 25.2 Å². The molecule has 0 radical (unpaired) electrons. The van der Waals surface area contributed by atoms with Gasteiger partial charge in [-0.15, -0.1) is 0 Å². The molecule has 0 aliphatic carbocycles. The van der Waals surface area contributed by atoms with Gasteiger partial charge in [-0.25, -0.2) is 0 Å². The van der Waals surface area contributed by atoms with Gasteiger partial charge in [0, 0.05) is 25.5 Å². The molecule has 6 heteroatoms. The van der Waals surface area contributed by atoms with Crippen molar-refractivity contribution in [3.05, 3.63) is 29.6 Å². The smallest absolute Gasteiger partial charge is 0.255 e. The summed E-state index contributed by atoms with van der Waals surface area (Å²) in [4.78, 5) is 18.0. The predicted molar refractivity (Wildman–Crippen MR) is 70.9 cm³/mol. The zero-order valence-corrected chi connectivity index (χ0v) is 11.0. The maximum absolute atomic E-state index is 12.5. The van der Waals surface area contributed by atoms with Crippen LogP contribution in [0.2, 0.25) is 0 Å². The molecule has 2 N–H and O–H groups in total. The third-order valence-corrected chi connectivity index (χ3v) is 2.98. The first-order chi connectivity index (χ1) is 9.76. The van der Waals surface area contributed by atoms with Gasteiger partial charge >= 0.3 is 0 Å². The summed E-state index contributed by atoms with van der Waals surface area (Å²) in [5.74, 6) is 5.06. The van der Waals surface area contributed by atoms with Gasteiger partial charge in [-0.2, -0.15) is 0 Å². The van der Waals surface area contributed by atoms with E-state index in [1.165, 1.54) is 12.4 Å². The highest BCUT2D eigenvalue weighted by molar-refractivity contribution is 5.96. The zero-order valence-electron chi connectivity index (χ0n) is 11.0. The van der Waals surface area contributed by atoms with Gasteiger partial charge in [0.25, 0.3) is 5.91 Å². The second-order valence-corrected chi connectivity index (χ2v) is 4.31. The summed E-state index contributed by atoms with van der Waals surface area (Å²) in [6.45, 7) is 0.846. The first-order valence-corrected chi connectivity index (χ1v) is 6.31. The number of amides is 1. The number of aliphatic hydroxyl groups excluding tert-OH is 2. The van der Waals surface area contributed by atoms with Gasteiger partial charge < -0.3 is 19.8 Å². The number of nitrogens with zero attached hydrogens (tertiary/aromatic N) is 2. The van der Waals surface area contributed by atoms with Crippen LogP contribution >= 0.6 is 0 Å². The lowest BCUT2D eigenvalue weighted by Crippen LogP contribution is -2.47. The van der Waals surface area contributed by atoms with Crippen LogP contribution in [0.25, 0.3) is 0 Å². The third kappa shape index (κ3) is 3.33. The Morgan fingerprint density at radius 2 is 2.40 bits per heavy atom. The number of rotatable bonds is 2. The molecule has 0 spiro atoms. The van der Waals surface area contributed by atoms with E-state index in [9.17, 15) is 4.79 Å². The van der Waals surface area contributed by atoms with E-state index >= 15 is 0 Å². The highest BCUT2D eigenvalue weighted by Gasteiger charge is 2.25. The Balaban J connectivity index is 2.20. The molecular formula is C14H16N2O4. The Morgan fingerprint density at radius 1 is 1.55 bits per heavy atom. The maximum Gasteiger partial charge on any atom is 0.255 e. The first-order valence-electron chi connectivity index (χ1n) is 6.31. The minimum atomic E-state index is -0.346. The monoisotopic (exact) mass is 276 g/mol. The molecule has 2 rings (SSSR count). The minimum absolute atomic E-state index is 0.114. The second-order valence-electron chi connectivity index (χ2n) is 4.31. The average Bonchev–Trinajstić information content (AvgIpc) is 2.52. The quantitative estimate of drug-likeness (QED) is 0.695. The highest BCUT2D eigenvalue weighted by atomic mass is 16.5. The van der Waals surface area contributed by atoms with Crippen LogP contribution in [0.1, 0.15) is 15.9 Å². The summed E-state index contributed by atoms with van der Waals surface area (Å²) < 4.78 is 5.32. The molecular weight excluding hydrogens is 260 g/mol. The molecule has 1 atom stereocenters. The van der Waals surface area contributed by atoms with Crippen molar-refractivity contribution in [3.63, 3.8) is 0 Å². The molecule has 106 valence electrons. The molecule has 1 aliphatic rings. The first kappa shape index (κ1) is 14.5. The van der Waals surface area contributed by atoms with Crippen molar-refractivity contribution in [3.8, 4) is 11.8 Å². The summed E-state index contributed by atoms with van der Waals surface area (Å²) in [5.41, 5.74) is 0.929. The summed E-state index contributed by atoms with van der Waals surface area (Å²) in [5, 5.41) is 17.8. The molecule has 1 amide bonds. The average molecular weight is 276 g/mol. The molecule has 1 unspecified atom stereocenters. The molecule has 1 aromatic rings. The van der Waals surface area contributed by atoms with Crippen LogP contribution in [-0.4, -0.2) is 65.0 Å². The molecule has 6 nitrogen and oxygen atoms in total. The van der Waals surface area contributed by atoms with E-state index in [2.05, 4.69) is 16.8 Å². The number of morpholine rings is 1. The van der Waals surface area contributed by atoms with Crippen molar-refractivity contribution in [2.75, 3.05) is 32.9 Å². The lowest BCUT2D eigenvalue weighted by atomic mass is 10.1. The molecule has 0 bridgehead atoms. The normalized spacial score (nSPS) is 18.3. The fourth-order valence-electron chi connectivity index (χ4n) is 2.00. The molecule has 0 aromatic carbocycles. The van der Waals surface area contributed by atoms with Crippen LogP contribution in [0, 0.1) is 11.8 Å². The van der Waals surface area contributed by atoms with E-state index in [1.807, 2.05) is 0 Å². The molecule has 1 saturated heterocycles. The van der Waals surface area contributed by atoms with Gasteiger partial charge in [0.05, 0.1) is 30.4 Å². The van der Waals surface area contributed by atoms with Crippen LogP contribution in [0.5, 0.6) is 0 Å². The number of hydrogen-bond donors (Lipinski definition) is 2. The largest absolute Gasteiger partial charge is 0.394 e.